The minimum Gasteiger partial charge on any atom is -0.330 e. The molecule has 1 unspecified atom stereocenters. The molecule has 0 radical (unpaired) electrons. The lowest BCUT2D eigenvalue weighted by atomic mass is 10.2. The fourth-order valence-electron chi connectivity index (χ4n) is 0.908. The molecule has 0 aliphatic rings. The zero-order valence-corrected chi connectivity index (χ0v) is 10.3. The molecule has 0 amide bonds. The predicted molar refractivity (Wildman–Crippen MR) is 58.6 cm³/mol. The summed E-state index contributed by atoms with van der Waals surface area (Å²) < 4.78 is 41.7. The Morgan fingerprint density at radius 1 is 1.50 bits per heavy atom. The third-order valence-electron chi connectivity index (χ3n) is 1.92. The maximum Gasteiger partial charge on any atom is 0.393 e. The molecule has 1 aromatic rings. The Morgan fingerprint density at radius 3 is 2.62 bits per heavy atom. The van der Waals surface area contributed by atoms with Gasteiger partial charge >= 0.3 is 6.18 Å². The van der Waals surface area contributed by atoms with Gasteiger partial charge in [0.05, 0.1) is 5.92 Å². The highest BCUT2D eigenvalue weighted by Gasteiger charge is 2.38. The molecule has 0 fully saturated rings. The number of thioether (sulfide) groups is 1. The van der Waals surface area contributed by atoms with E-state index in [2.05, 4.69) is 9.36 Å². The third-order valence-corrected chi connectivity index (χ3v) is 3.96. The minimum atomic E-state index is -4.24. The van der Waals surface area contributed by atoms with Crippen LogP contribution in [-0.4, -0.2) is 27.8 Å². The predicted octanol–water partition coefficient (Wildman–Crippen LogP) is 2.33. The zero-order chi connectivity index (χ0) is 12.2. The van der Waals surface area contributed by atoms with Crippen LogP contribution in [0, 0.1) is 5.92 Å². The lowest BCUT2D eigenvalue weighted by molar-refractivity contribution is -0.165. The van der Waals surface area contributed by atoms with Crippen LogP contribution in [0.15, 0.2) is 4.34 Å². The maximum atomic E-state index is 12.4. The van der Waals surface area contributed by atoms with Crippen LogP contribution in [0.5, 0.6) is 0 Å². The van der Waals surface area contributed by atoms with E-state index >= 15 is 0 Å². The van der Waals surface area contributed by atoms with Crippen molar-refractivity contribution < 1.29 is 13.2 Å². The summed E-state index contributed by atoms with van der Waals surface area (Å²) in [5.74, 6) is -0.909. The monoisotopic (exact) mass is 271 g/mol. The molecule has 1 atom stereocenters. The average Bonchev–Trinajstić information content (AvgIpc) is 2.64. The van der Waals surface area contributed by atoms with Crippen molar-refractivity contribution in [1.29, 1.82) is 0 Å². The Balaban J connectivity index is 2.49. The standard InChI is InChI=1S/C8H12F3N3S2/c1-2-6-13-7(16-14-6)15-4-5(3-12)8(9,10)11/h5H,2-4,12H2,1H3. The van der Waals surface area contributed by atoms with Crippen molar-refractivity contribution in [3.05, 3.63) is 5.82 Å². The van der Waals surface area contributed by atoms with Crippen molar-refractivity contribution in [2.75, 3.05) is 12.3 Å². The van der Waals surface area contributed by atoms with Gasteiger partial charge in [-0.05, 0) is 11.5 Å². The van der Waals surface area contributed by atoms with Crippen molar-refractivity contribution in [1.82, 2.24) is 9.36 Å². The Kier molecular flexibility index (Phi) is 5.00. The normalized spacial score (nSPS) is 14.1. The molecule has 0 aliphatic carbocycles. The van der Waals surface area contributed by atoms with Gasteiger partial charge in [0.2, 0.25) is 0 Å². The molecule has 0 spiro atoms. The summed E-state index contributed by atoms with van der Waals surface area (Å²) in [4.78, 5) is 4.08. The number of aryl methyl sites for hydroxylation is 1. The van der Waals surface area contributed by atoms with Gasteiger partial charge < -0.3 is 5.73 Å². The molecule has 0 saturated carbocycles. The van der Waals surface area contributed by atoms with Crippen molar-refractivity contribution in [3.8, 4) is 0 Å². The number of nitrogens with two attached hydrogens (primary N) is 1. The summed E-state index contributed by atoms with van der Waals surface area (Å²) in [6, 6.07) is 0. The van der Waals surface area contributed by atoms with Crippen LogP contribution >= 0.6 is 23.3 Å². The number of rotatable bonds is 5. The van der Waals surface area contributed by atoms with Crippen molar-refractivity contribution >= 4 is 23.3 Å². The SMILES string of the molecule is CCc1nsc(SCC(CN)C(F)(F)F)n1. The van der Waals surface area contributed by atoms with Gasteiger partial charge in [0.25, 0.3) is 0 Å². The number of nitrogens with zero attached hydrogens (tertiary/aromatic N) is 2. The Hall–Kier alpha value is -0.340. The smallest absolute Gasteiger partial charge is 0.330 e. The number of aromatic nitrogens is 2. The van der Waals surface area contributed by atoms with Gasteiger partial charge in [-0.15, -0.1) is 0 Å². The van der Waals surface area contributed by atoms with E-state index in [1.54, 1.807) is 0 Å². The Bertz CT molecular complexity index is 327. The van der Waals surface area contributed by atoms with Crippen molar-refractivity contribution in [2.24, 2.45) is 11.7 Å². The first-order valence-corrected chi connectivity index (χ1v) is 6.45. The highest BCUT2D eigenvalue weighted by atomic mass is 32.2. The summed E-state index contributed by atoms with van der Waals surface area (Å²) in [6.07, 6.45) is -3.54. The second-order valence-corrected chi connectivity index (χ2v) is 5.13. The fraction of sp³-hybridized carbons (Fsp3) is 0.750. The topological polar surface area (TPSA) is 51.8 Å². The van der Waals surface area contributed by atoms with E-state index < -0.39 is 18.6 Å². The molecule has 0 aliphatic heterocycles. The molecular formula is C8H12F3N3S2. The van der Waals surface area contributed by atoms with E-state index in [1.807, 2.05) is 6.92 Å². The molecule has 3 nitrogen and oxygen atoms in total. The molecule has 0 aromatic carbocycles. The van der Waals surface area contributed by atoms with Crippen molar-refractivity contribution in [2.45, 2.75) is 23.9 Å². The first-order chi connectivity index (χ1) is 7.47. The largest absolute Gasteiger partial charge is 0.393 e. The van der Waals surface area contributed by atoms with E-state index in [9.17, 15) is 13.2 Å². The van der Waals surface area contributed by atoms with Crippen LogP contribution in [0.2, 0.25) is 0 Å². The molecule has 8 heteroatoms. The van der Waals surface area contributed by atoms with Gasteiger partial charge in [0.15, 0.2) is 4.34 Å². The summed E-state index contributed by atoms with van der Waals surface area (Å²) in [7, 11) is 0. The van der Waals surface area contributed by atoms with Gasteiger partial charge in [-0.2, -0.15) is 17.5 Å². The molecule has 0 bridgehead atoms. The molecule has 16 heavy (non-hydrogen) atoms. The highest BCUT2D eigenvalue weighted by Crippen LogP contribution is 2.31. The van der Waals surface area contributed by atoms with Crippen molar-refractivity contribution in [3.63, 3.8) is 0 Å². The molecular weight excluding hydrogens is 259 g/mol. The first-order valence-electron chi connectivity index (χ1n) is 4.69. The van der Waals surface area contributed by atoms with Crippen LogP contribution < -0.4 is 5.73 Å². The van der Waals surface area contributed by atoms with Gasteiger partial charge in [0.1, 0.15) is 5.82 Å². The lowest BCUT2D eigenvalue weighted by Gasteiger charge is -2.16. The van der Waals surface area contributed by atoms with Gasteiger partial charge in [-0.25, -0.2) is 4.98 Å². The number of alkyl halides is 3. The van der Waals surface area contributed by atoms with E-state index in [1.165, 1.54) is 0 Å². The van der Waals surface area contributed by atoms with Gasteiger partial charge in [-0.1, -0.05) is 18.7 Å². The first kappa shape index (κ1) is 13.7. The molecule has 0 saturated heterocycles. The maximum absolute atomic E-state index is 12.4. The van der Waals surface area contributed by atoms with E-state index in [0.717, 1.165) is 23.3 Å². The quantitative estimate of drug-likeness (QED) is 0.835. The van der Waals surface area contributed by atoms with Gasteiger partial charge in [0, 0.05) is 18.7 Å². The number of halogens is 3. The second-order valence-electron chi connectivity index (χ2n) is 3.12. The summed E-state index contributed by atoms with van der Waals surface area (Å²) in [6.45, 7) is 1.50. The van der Waals surface area contributed by atoms with E-state index in [-0.39, 0.29) is 5.75 Å². The number of hydrogen-bond acceptors (Lipinski definition) is 5. The van der Waals surface area contributed by atoms with Crippen LogP contribution in [0.1, 0.15) is 12.7 Å². The van der Waals surface area contributed by atoms with Gasteiger partial charge in [-0.3, -0.25) is 0 Å². The Labute approximate surface area is 99.8 Å². The molecule has 1 heterocycles. The van der Waals surface area contributed by atoms with Crippen LogP contribution in [0.4, 0.5) is 13.2 Å². The van der Waals surface area contributed by atoms with Crippen LogP contribution in [0.25, 0.3) is 0 Å². The minimum absolute atomic E-state index is 0.0989. The third kappa shape index (κ3) is 3.91. The summed E-state index contributed by atoms with van der Waals surface area (Å²) >= 11 is 2.19. The lowest BCUT2D eigenvalue weighted by Crippen LogP contribution is -2.32. The highest BCUT2D eigenvalue weighted by molar-refractivity contribution is 8.00. The second kappa shape index (κ2) is 5.83. The fourth-order valence-corrected chi connectivity index (χ4v) is 2.77. The van der Waals surface area contributed by atoms with E-state index in [4.69, 9.17) is 5.73 Å². The molecule has 1 rings (SSSR count). The van der Waals surface area contributed by atoms with Crippen LogP contribution in [0.3, 0.4) is 0 Å². The number of hydrogen-bond donors (Lipinski definition) is 1. The molecule has 1 aromatic heterocycles. The zero-order valence-electron chi connectivity index (χ0n) is 8.62. The summed E-state index contributed by atoms with van der Waals surface area (Å²) in [5.41, 5.74) is 5.09. The molecule has 92 valence electrons. The van der Waals surface area contributed by atoms with E-state index in [0.29, 0.717) is 16.6 Å². The molecule has 2 N–H and O–H groups in total. The average molecular weight is 271 g/mol. The Morgan fingerprint density at radius 2 is 2.19 bits per heavy atom. The van der Waals surface area contributed by atoms with Crippen LogP contribution in [-0.2, 0) is 6.42 Å². The summed E-state index contributed by atoms with van der Waals surface area (Å²) in [5, 5.41) is 0.